The van der Waals surface area contributed by atoms with E-state index in [2.05, 4.69) is 10.3 Å². The fourth-order valence-corrected chi connectivity index (χ4v) is 2.69. The smallest absolute Gasteiger partial charge is 0.238 e. The first-order valence-electron chi connectivity index (χ1n) is 6.86. The number of carbonyl (C=O) groups excluding carboxylic acids is 2. The Kier molecular flexibility index (Phi) is 3.04. The molecule has 0 saturated heterocycles. The molecule has 0 bridgehead atoms. The molecule has 5 heteroatoms. The van der Waals surface area contributed by atoms with E-state index in [0.717, 1.165) is 11.0 Å². The summed E-state index contributed by atoms with van der Waals surface area (Å²) in [6.45, 7) is 4.36. The van der Waals surface area contributed by atoms with Crippen LogP contribution in [-0.2, 0) is 16.1 Å². The molecule has 0 saturated carbocycles. The summed E-state index contributed by atoms with van der Waals surface area (Å²) in [7, 11) is 0. The van der Waals surface area contributed by atoms with Crippen LogP contribution in [0.15, 0.2) is 24.3 Å². The Morgan fingerprint density at radius 1 is 1.40 bits per heavy atom. The number of ketones is 1. The molecule has 0 fully saturated rings. The average Bonchev–Trinajstić information content (AvgIpc) is 2.75. The van der Waals surface area contributed by atoms with Crippen molar-refractivity contribution in [3.63, 3.8) is 0 Å². The van der Waals surface area contributed by atoms with Crippen molar-refractivity contribution in [2.24, 2.45) is 0 Å². The van der Waals surface area contributed by atoms with Gasteiger partial charge in [-0.3, -0.25) is 9.59 Å². The second kappa shape index (κ2) is 4.74. The lowest BCUT2D eigenvalue weighted by Crippen LogP contribution is -2.41. The Hall–Kier alpha value is -2.17. The highest BCUT2D eigenvalue weighted by molar-refractivity contribution is 6.07. The number of hydrogen-bond acceptors (Lipinski definition) is 3. The van der Waals surface area contributed by atoms with E-state index >= 15 is 0 Å². The topological polar surface area (TPSA) is 64.0 Å². The molecule has 2 heterocycles. The number of rotatable bonds is 2. The fourth-order valence-electron chi connectivity index (χ4n) is 2.69. The van der Waals surface area contributed by atoms with E-state index in [-0.39, 0.29) is 17.7 Å². The number of benzene rings is 1. The normalized spacial score (nSPS) is 18.4. The van der Waals surface area contributed by atoms with E-state index in [1.807, 2.05) is 42.7 Å². The van der Waals surface area contributed by atoms with Gasteiger partial charge in [0.05, 0.1) is 11.0 Å². The van der Waals surface area contributed by atoms with E-state index in [1.54, 1.807) is 0 Å². The van der Waals surface area contributed by atoms with Crippen LogP contribution >= 0.6 is 0 Å². The Morgan fingerprint density at radius 2 is 2.15 bits per heavy atom. The molecule has 20 heavy (non-hydrogen) atoms. The number of carbonyl (C=O) groups is 2. The fraction of sp³-hybridized carbons (Fsp3) is 0.400. The van der Waals surface area contributed by atoms with Gasteiger partial charge in [-0.2, -0.15) is 0 Å². The highest BCUT2D eigenvalue weighted by Crippen LogP contribution is 2.28. The van der Waals surface area contributed by atoms with Crippen LogP contribution in [0.4, 0.5) is 0 Å². The molecule has 0 aliphatic carbocycles. The van der Waals surface area contributed by atoms with Gasteiger partial charge in [-0.05, 0) is 26.0 Å². The molecule has 1 unspecified atom stereocenters. The molecule has 2 aromatic rings. The lowest BCUT2D eigenvalue weighted by Gasteiger charge is -2.23. The Labute approximate surface area is 117 Å². The minimum atomic E-state index is -0.779. The van der Waals surface area contributed by atoms with Crippen molar-refractivity contribution < 1.29 is 9.59 Å². The maximum atomic E-state index is 12.3. The van der Waals surface area contributed by atoms with Gasteiger partial charge in [0, 0.05) is 19.0 Å². The maximum absolute atomic E-state index is 12.3. The lowest BCUT2D eigenvalue weighted by atomic mass is 9.96. The summed E-state index contributed by atoms with van der Waals surface area (Å²) < 4.78 is 1.99. The van der Waals surface area contributed by atoms with Crippen molar-refractivity contribution >= 4 is 22.7 Å². The van der Waals surface area contributed by atoms with Crippen LogP contribution < -0.4 is 5.32 Å². The monoisotopic (exact) mass is 271 g/mol. The number of hydrogen-bond donors (Lipinski definition) is 1. The summed E-state index contributed by atoms with van der Waals surface area (Å²) in [4.78, 5) is 28.9. The second-order valence-electron chi connectivity index (χ2n) is 5.42. The van der Waals surface area contributed by atoms with E-state index in [1.165, 1.54) is 0 Å². The highest BCUT2D eigenvalue weighted by atomic mass is 16.2. The molecular weight excluding hydrogens is 254 g/mol. The van der Waals surface area contributed by atoms with Crippen molar-refractivity contribution in [1.82, 2.24) is 14.9 Å². The number of aryl methyl sites for hydroxylation is 1. The summed E-state index contributed by atoms with van der Waals surface area (Å²) in [6.07, 6.45) is 0.379. The molecule has 1 aliphatic rings. The van der Waals surface area contributed by atoms with Gasteiger partial charge in [-0.1, -0.05) is 12.1 Å². The molecular formula is C15H17N3O2. The molecule has 1 N–H and O–H groups in total. The largest absolute Gasteiger partial charge is 0.353 e. The quantitative estimate of drug-likeness (QED) is 0.844. The maximum Gasteiger partial charge on any atom is 0.238 e. The van der Waals surface area contributed by atoms with Crippen LogP contribution in [0, 0.1) is 0 Å². The van der Waals surface area contributed by atoms with E-state index in [4.69, 9.17) is 0 Å². The third kappa shape index (κ3) is 1.99. The molecule has 3 rings (SSSR count). The van der Waals surface area contributed by atoms with Crippen molar-refractivity contribution in [2.45, 2.75) is 38.8 Å². The van der Waals surface area contributed by atoms with Crippen LogP contribution in [0.1, 0.15) is 32.0 Å². The lowest BCUT2D eigenvalue weighted by molar-refractivity contribution is -0.131. The highest BCUT2D eigenvalue weighted by Gasteiger charge is 2.36. The number of amides is 1. The Bertz CT molecular complexity index is 687. The summed E-state index contributed by atoms with van der Waals surface area (Å²) >= 11 is 0. The van der Waals surface area contributed by atoms with Crippen LogP contribution in [0.5, 0.6) is 0 Å². The zero-order valence-corrected chi connectivity index (χ0v) is 11.6. The molecule has 1 atom stereocenters. The standard InChI is InChI=1S/C15H17N3O2/c1-9(2)16-15(20)13-12(19)7-8-18-11-6-4-3-5-10(11)17-14(13)18/h3-6,9,13H,7-8H2,1-2H3,(H,16,20). The van der Waals surface area contributed by atoms with Crippen molar-refractivity contribution in [3.8, 4) is 0 Å². The zero-order valence-electron chi connectivity index (χ0n) is 11.6. The molecule has 1 amide bonds. The first-order valence-corrected chi connectivity index (χ1v) is 6.86. The summed E-state index contributed by atoms with van der Waals surface area (Å²) in [5.41, 5.74) is 1.82. The number of nitrogens with zero attached hydrogens (tertiary/aromatic N) is 2. The van der Waals surface area contributed by atoms with Gasteiger partial charge in [0.1, 0.15) is 5.82 Å². The average molecular weight is 271 g/mol. The van der Waals surface area contributed by atoms with Gasteiger partial charge in [-0.25, -0.2) is 4.98 Å². The predicted octanol–water partition coefficient (Wildman–Crippen LogP) is 1.62. The van der Waals surface area contributed by atoms with E-state index < -0.39 is 5.92 Å². The van der Waals surface area contributed by atoms with Crippen LogP contribution in [0.25, 0.3) is 11.0 Å². The van der Waals surface area contributed by atoms with Crippen molar-refractivity contribution in [1.29, 1.82) is 0 Å². The van der Waals surface area contributed by atoms with Gasteiger partial charge < -0.3 is 9.88 Å². The molecule has 1 aliphatic heterocycles. The molecule has 1 aromatic heterocycles. The van der Waals surface area contributed by atoms with E-state index in [0.29, 0.717) is 18.8 Å². The third-order valence-electron chi connectivity index (χ3n) is 3.54. The number of nitrogens with one attached hydrogen (secondary N) is 1. The molecule has 0 spiro atoms. The van der Waals surface area contributed by atoms with Gasteiger partial charge in [0.2, 0.25) is 5.91 Å². The second-order valence-corrected chi connectivity index (χ2v) is 5.42. The van der Waals surface area contributed by atoms with Crippen LogP contribution in [0.3, 0.4) is 0 Å². The number of para-hydroxylation sites is 2. The molecule has 0 radical (unpaired) electrons. The summed E-state index contributed by atoms with van der Waals surface area (Å²) in [5, 5.41) is 2.82. The molecule has 5 nitrogen and oxygen atoms in total. The van der Waals surface area contributed by atoms with Gasteiger partial charge >= 0.3 is 0 Å². The summed E-state index contributed by atoms with van der Waals surface area (Å²) in [5.74, 6) is -0.508. The van der Waals surface area contributed by atoms with Crippen molar-refractivity contribution in [2.75, 3.05) is 0 Å². The minimum absolute atomic E-state index is 0.00931. The van der Waals surface area contributed by atoms with Gasteiger partial charge in [0.15, 0.2) is 11.7 Å². The molecule has 1 aromatic carbocycles. The molecule has 104 valence electrons. The number of Topliss-reactive ketones (excluding diaryl/α,β-unsaturated/α-hetero) is 1. The zero-order chi connectivity index (χ0) is 14.3. The van der Waals surface area contributed by atoms with Gasteiger partial charge in [-0.15, -0.1) is 0 Å². The summed E-state index contributed by atoms with van der Waals surface area (Å²) in [6, 6.07) is 7.74. The Balaban J connectivity index is 2.09. The number of imidazole rings is 1. The first-order chi connectivity index (χ1) is 9.58. The van der Waals surface area contributed by atoms with Crippen LogP contribution in [-0.4, -0.2) is 27.3 Å². The van der Waals surface area contributed by atoms with Gasteiger partial charge in [0.25, 0.3) is 0 Å². The predicted molar refractivity (Wildman–Crippen MR) is 75.4 cm³/mol. The number of aromatic nitrogens is 2. The van der Waals surface area contributed by atoms with E-state index in [9.17, 15) is 9.59 Å². The third-order valence-corrected chi connectivity index (χ3v) is 3.54. The minimum Gasteiger partial charge on any atom is -0.353 e. The SMILES string of the molecule is CC(C)NC(=O)C1C(=O)CCn2c1nc1ccccc12. The number of fused-ring (bicyclic) bond motifs is 3. The van der Waals surface area contributed by atoms with Crippen molar-refractivity contribution in [3.05, 3.63) is 30.1 Å². The van der Waals surface area contributed by atoms with Crippen LogP contribution in [0.2, 0.25) is 0 Å². The Morgan fingerprint density at radius 3 is 2.90 bits per heavy atom. The first kappa shape index (κ1) is 12.8.